The zero-order chi connectivity index (χ0) is 12.5. The summed E-state index contributed by atoms with van der Waals surface area (Å²) >= 11 is 0. The summed E-state index contributed by atoms with van der Waals surface area (Å²) in [5, 5.41) is 2.98. The van der Waals surface area contributed by atoms with Crippen molar-refractivity contribution in [3.8, 4) is 12.3 Å². The lowest BCUT2D eigenvalue weighted by atomic mass is 9.94. The summed E-state index contributed by atoms with van der Waals surface area (Å²) in [4.78, 5) is 12.0. The number of rotatable bonds is 5. The second kappa shape index (κ2) is 8.14. The van der Waals surface area contributed by atoms with Gasteiger partial charge in [-0.25, -0.2) is 0 Å². The predicted octanol–water partition coefficient (Wildman–Crippen LogP) is 1.81. The molecule has 0 spiro atoms. The number of hydrogen-bond acceptors (Lipinski definition) is 2. The molecule has 1 saturated carbocycles. The highest BCUT2D eigenvalue weighted by Crippen LogP contribution is 2.22. The van der Waals surface area contributed by atoms with Crippen molar-refractivity contribution in [2.24, 2.45) is 11.7 Å². The third kappa shape index (κ3) is 5.23. The summed E-state index contributed by atoms with van der Waals surface area (Å²) in [5.74, 6) is 2.76. The number of carbonyl (C=O) groups is 1. The van der Waals surface area contributed by atoms with E-state index in [9.17, 15) is 4.79 Å². The fourth-order valence-corrected chi connectivity index (χ4v) is 2.36. The third-order valence-corrected chi connectivity index (χ3v) is 3.45. The lowest BCUT2D eigenvalue weighted by Crippen LogP contribution is -2.41. The molecule has 1 rings (SSSR count). The van der Waals surface area contributed by atoms with E-state index in [-0.39, 0.29) is 17.9 Å². The van der Waals surface area contributed by atoms with Crippen molar-refractivity contribution in [2.75, 3.05) is 6.54 Å². The Hall–Kier alpha value is -1.01. The molecule has 2 unspecified atom stereocenters. The molecule has 3 N–H and O–H groups in total. The van der Waals surface area contributed by atoms with Gasteiger partial charge in [0.1, 0.15) is 0 Å². The number of hydrogen-bond donors (Lipinski definition) is 2. The first-order chi connectivity index (χ1) is 8.25. The van der Waals surface area contributed by atoms with Gasteiger partial charge in [-0.3, -0.25) is 4.79 Å². The van der Waals surface area contributed by atoms with E-state index >= 15 is 0 Å². The number of terminal acetylenes is 1. The minimum Gasteiger partial charge on any atom is -0.356 e. The van der Waals surface area contributed by atoms with Crippen LogP contribution in [0.25, 0.3) is 0 Å². The maximum absolute atomic E-state index is 12.0. The van der Waals surface area contributed by atoms with Crippen LogP contribution in [0.3, 0.4) is 0 Å². The van der Waals surface area contributed by atoms with Gasteiger partial charge >= 0.3 is 0 Å². The molecule has 0 aromatic carbocycles. The highest BCUT2D eigenvalue weighted by Gasteiger charge is 2.26. The molecule has 0 aliphatic heterocycles. The van der Waals surface area contributed by atoms with Crippen molar-refractivity contribution < 1.29 is 4.79 Å². The molecule has 1 aliphatic rings. The van der Waals surface area contributed by atoms with Gasteiger partial charge in [-0.1, -0.05) is 19.3 Å². The fourth-order valence-electron chi connectivity index (χ4n) is 2.36. The first-order valence-corrected chi connectivity index (χ1v) is 6.72. The molecule has 96 valence electrons. The first-order valence-electron chi connectivity index (χ1n) is 6.72. The van der Waals surface area contributed by atoms with E-state index in [1.165, 1.54) is 6.42 Å². The Morgan fingerprint density at radius 1 is 1.29 bits per heavy atom. The molecular formula is C14H24N2O. The van der Waals surface area contributed by atoms with Crippen LogP contribution in [-0.4, -0.2) is 18.5 Å². The smallest absolute Gasteiger partial charge is 0.224 e. The van der Waals surface area contributed by atoms with Crippen LogP contribution >= 0.6 is 0 Å². The van der Waals surface area contributed by atoms with Gasteiger partial charge in [0.15, 0.2) is 0 Å². The number of nitrogens with one attached hydrogen (secondary N) is 1. The molecule has 2 atom stereocenters. The first kappa shape index (κ1) is 14.1. The normalized spacial score (nSPS) is 24.7. The molecule has 0 bridgehead atoms. The zero-order valence-corrected chi connectivity index (χ0v) is 10.6. The van der Waals surface area contributed by atoms with Gasteiger partial charge in [0.25, 0.3) is 0 Å². The molecule has 0 heterocycles. The number of amides is 1. The predicted molar refractivity (Wildman–Crippen MR) is 70.2 cm³/mol. The highest BCUT2D eigenvalue weighted by molar-refractivity contribution is 5.79. The van der Waals surface area contributed by atoms with Crippen LogP contribution in [-0.2, 0) is 4.79 Å². The SMILES string of the molecule is C#CCCCCNC(=O)C1CCCCCC1N. The minimum absolute atomic E-state index is 0.0186. The third-order valence-electron chi connectivity index (χ3n) is 3.45. The quantitative estimate of drug-likeness (QED) is 0.434. The van der Waals surface area contributed by atoms with E-state index < -0.39 is 0 Å². The zero-order valence-electron chi connectivity index (χ0n) is 10.6. The lowest BCUT2D eigenvalue weighted by molar-refractivity contribution is -0.125. The van der Waals surface area contributed by atoms with E-state index in [0.717, 1.165) is 51.5 Å². The van der Waals surface area contributed by atoms with Gasteiger partial charge in [-0.2, -0.15) is 0 Å². The molecule has 1 aliphatic carbocycles. The maximum Gasteiger partial charge on any atom is 0.224 e. The standard InChI is InChI=1S/C14H24N2O/c1-2-3-4-8-11-16-14(17)12-9-6-5-7-10-13(12)15/h1,12-13H,3-11,15H2,(H,16,17). The van der Waals surface area contributed by atoms with E-state index in [1.54, 1.807) is 0 Å². The van der Waals surface area contributed by atoms with Gasteiger partial charge in [-0.15, -0.1) is 12.3 Å². The van der Waals surface area contributed by atoms with Gasteiger partial charge in [0, 0.05) is 19.0 Å². The van der Waals surface area contributed by atoms with Gasteiger partial charge < -0.3 is 11.1 Å². The highest BCUT2D eigenvalue weighted by atomic mass is 16.1. The minimum atomic E-state index is 0.0186. The molecule has 0 aromatic rings. The summed E-state index contributed by atoms with van der Waals surface area (Å²) in [6, 6.07) is 0.0446. The average Bonchev–Trinajstić information content (AvgIpc) is 2.53. The Morgan fingerprint density at radius 3 is 2.82 bits per heavy atom. The molecular weight excluding hydrogens is 212 g/mol. The second-order valence-corrected chi connectivity index (χ2v) is 4.86. The van der Waals surface area contributed by atoms with E-state index in [0.29, 0.717) is 0 Å². The monoisotopic (exact) mass is 236 g/mol. The molecule has 0 aromatic heterocycles. The summed E-state index contributed by atoms with van der Waals surface area (Å²) < 4.78 is 0. The number of carbonyl (C=O) groups excluding carboxylic acids is 1. The van der Waals surface area contributed by atoms with Gasteiger partial charge in [0.05, 0.1) is 5.92 Å². The van der Waals surface area contributed by atoms with Crippen molar-refractivity contribution >= 4 is 5.91 Å². The van der Waals surface area contributed by atoms with Crippen LogP contribution in [0.15, 0.2) is 0 Å². The molecule has 0 radical (unpaired) electrons. The van der Waals surface area contributed by atoms with Crippen LogP contribution in [0, 0.1) is 18.3 Å². The summed E-state index contributed by atoms with van der Waals surface area (Å²) in [7, 11) is 0. The van der Waals surface area contributed by atoms with Crippen LogP contribution < -0.4 is 11.1 Å². The van der Waals surface area contributed by atoms with Crippen molar-refractivity contribution in [1.82, 2.24) is 5.32 Å². The van der Waals surface area contributed by atoms with Crippen molar-refractivity contribution in [1.29, 1.82) is 0 Å². The molecule has 3 heteroatoms. The molecule has 0 saturated heterocycles. The molecule has 1 fully saturated rings. The molecule has 17 heavy (non-hydrogen) atoms. The summed E-state index contributed by atoms with van der Waals surface area (Å²) in [6.07, 6.45) is 13.3. The molecule has 1 amide bonds. The van der Waals surface area contributed by atoms with Crippen LogP contribution in [0.2, 0.25) is 0 Å². The number of nitrogens with two attached hydrogens (primary N) is 1. The van der Waals surface area contributed by atoms with E-state index in [1.807, 2.05) is 0 Å². The van der Waals surface area contributed by atoms with Gasteiger partial charge in [0.2, 0.25) is 5.91 Å². The second-order valence-electron chi connectivity index (χ2n) is 4.86. The van der Waals surface area contributed by atoms with Gasteiger partial charge in [-0.05, 0) is 25.7 Å². The molecule has 3 nitrogen and oxygen atoms in total. The van der Waals surface area contributed by atoms with Crippen molar-refractivity contribution in [2.45, 2.75) is 57.4 Å². The number of unbranched alkanes of at least 4 members (excludes halogenated alkanes) is 2. The Labute approximate surface area is 105 Å². The van der Waals surface area contributed by atoms with Crippen LogP contribution in [0.4, 0.5) is 0 Å². The fraction of sp³-hybridized carbons (Fsp3) is 0.786. The van der Waals surface area contributed by atoms with Crippen molar-refractivity contribution in [3.63, 3.8) is 0 Å². The summed E-state index contributed by atoms with van der Waals surface area (Å²) in [5.41, 5.74) is 6.04. The Bertz CT molecular complexity index is 270. The van der Waals surface area contributed by atoms with Crippen LogP contribution in [0.5, 0.6) is 0 Å². The average molecular weight is 236 g/mol. The Kier molecular flexibility index (Phi) is 6.73. The van der Waals surface area contributed by atoms with Crippen LogP contribution in [0.1, 0.15) is 51.4 Å². The summed E-state index contributed by atoms with van der Waals surface area (Å²) in [6.45, 7) is 0.726. The van der Waals surface area contributed by atoms with Crippen molar-refractivity contribution in [3.05, 3.63) is 0 Å². The largest absolute Gasteiger partial charge is 0.356 e. The van der Waals surface area contributed by atoms with E-state index in [4.69, 9.17) is 12.2 Å². The Balaban J connectivity index is 2.23. The maximum atomic E-state index is 12.0. The lowest BCUT2D eigenvalue weighted by Gasteiger charge is -2.20. The van der Waals surface area contributed by atoms with E-state index in [2.05, 4.69) is 11.2 Å². The topological polar surface area (TPSA) is 55.1 Å². The Morgan fingerprint density at radius 2 is 2.06 bits per heavy atom.